The van der Waals surface area contributed by atoms with Crippen molar-refractivity contribution < 1.29 is 38.4 Å². The van der Waals surface area contributed by atoms with Gasteiger partial charge < -0.3 is 29.4 Å². The highest BCUT2D eigenvalue weighted by atomic mass is 16.5. The Hall–Kier alpha value is -4.25. The number of nitrogens with one attached hydrogen (secondary N) is 1. The van der Waals surface area contributed by atoms with E-state index in [-0.39, 0.29) is 30.2 Å². The molecule has 0 spiro atoms. The van der Waals surface area contributed by atoms with Crippen molar-refractivity contribution in [3.8, 4) is 0 Å². The Balaban J connectivity index is 1.40. The maximum Gasteiger partial charge on any atom is 0.379 e. The fourth-order valence-electron chi connectivity index (χ4n) is 5.74. The molecule has 2 atom stereocenters. The Bertz CT molecular complexity index is 1470. The quantitative estimate of drug-likeness (QED) is 0.0422. The number of nitrogens with zero attached hydrogens (tertiary/aromatic N) is 1. The Labute approximate surface area is 297 Å². The van der Waals surface area contributed by atoms with Crippen LogP contribution in [0.2, 0.25) is 0 Å². The minimum atomic E-state index is -0.995. The van der Waals surface area contributed by atoms with E-state index in [2.05, 4.69) is 40.7 Å². The molecular weight excluding hydrogens is 636 g/mol. The average molecular weight is 691 g/mol. The lowest BCUT2D eigenvalue weighted by Gasteiger charge is -2.31. The van der Waals surface area contributed by atoms with E-state index in [9.17, 15) is 19.5 Å². The second kappa shape index (κ2) is 21.1. The van der Waals surface area contributed by atoms with Crippen molar-refractivity contribution in [3.05, 3.63) is 101 Å². The lowest BCUT2D eigenvalue weighted by atomic mass is 9.91. The summed E-state index contributed by atoms with van der Waals surface area (Å²) in [7, 11) is 3.77. The molecule has 2 unspecified atom stereocenters. The van der Waals surface area contributed by atoms with Crippen LogP contribution in [0.5, 0.6) is 0 Å². The Morgan fingerprint density at radius 3 is 2.38 bits per heavy atom. The second-order valence-electron chi connectivity index (χ2n) is 12.4. The number of rotatable bonds is 20. The highest BCUT2D eigenvalue weighted by Gasteiger charge is 2.37. The third-order valence-electron chi connectivity index (χ3n) is 8.64. The number of benzene rings is 1. The summed E-state index contributed by atoms with van der Waals surface area (Å²) in [4.78, 5) is 38.5. The van der Waals surface area contributed by atoms with Gasteiger partial charge in [0.1, 0.15) is 11.5 Å². The van der Waals surface area contributed by atoms with E-state index in [1.54, 1.807) is 32.2 Å². The first-order chi connectivity index (χ1) is 24.1. The van der Waals surface area contributed by atoms with Gasteiger partial charge in [-0.2, -0.15) is 0 Å². The van der Waals surface area contributed by atoms with E-state index >= 15 is 0 Å². The lowest BCUT2D eigenvalue weighted by molar-refractivity contribution is -0.151. The van der Waals surface area contributed by atoms with Crippen LogP contribution < -0.4 is 5.32 Å². The molecule has 1 heterocycles. The number of allylic oxidation sites excluding steroid dienone is 3. The van der Waals surface area contributed by atoms with E-state index in [0.29, 0.717) is 55.7 Å². The molecule has 1 fully saturated rings. The van der Waals surface area contributed by atoms with E-state index in [1.165, 1.54) is 12.8 Å². The zero-order valence-electron chi connectivity index (χ0n) is 30.2. The van der Waals surface area contributed by atoms with Crippen molar-refractivity contribution in [2.24, 2.45) is 11.8 Å². The van der Waals surface area contributed by atoms with Gasteiger partial charge in [-0.25, -0.2) is 4.79 Å². The summed E-state index contributed by atoms with van der Waals surface area (Å²) in [6.45, 7) is 12.7. The highest BCUT2D eigenvalue weighted by molar-refractivity contribution is 6.39. The maximum atomic E-state index is 12.9. The molecule has 1 aliphatic carbocycles. The van der Waals surface area contributed by atoms with Gasteiger partial charge in [-0.3, -0.25) is 14.5 Å². The molecule has 1 aromatic carbocycles. The van der Waals surface area contributed by atoms with Gasteiger partial charge in [0.05, 0.1) is 24.5 Å². The number of esters is 1. The topological polar surface area (TPSA) is 124 Å². The van der Waals surface area contributed by atoms with Gasteiger partial charge in [-0.1, -0.05) is 49.1 Å². The summed E-state index contributed by atoms with van der Waals surface area (Å²) >= 11 is 0. The number of hydrogen-bond donors (Lipinski definition) is 2. The fraction of sp³-hybridized carbons (Fsp3) is 0.475. The van der Waals surface area contributed by atoms with Crippen LogP contribution in [-0.4, -0.2) is 87.4 Å². The molecule has 1 saturated carbocycles. The van der Waals surface area contributed by atoms with Crippen LogP contribution >= 0.6 is 0 Å². The van der Waals surface area contributed by atoms with Crippen LogP contribution in [0, 0.1) is 11.8 Å². The van der Waals surface area contributed by atoms with Gasteiger partial charge in [0, 0.05) is 56.7 Å². The van der Waals surface area contributed by atoms with Gasteiger partial charge in [-0.15, -0.1) is 0 Å². The second-order valence-corrected chi connectivity index (χ2v) is 12.4. The summed E-state index contributed by atoms with van der Waals surface area (Å²) in [5.74, 6) is -0.298. The van der Waals surface area contributed by atoms with Gasteiger partial charge in [-0.05, 0) is 89.5 Å². The standard InChI is InChI=1S/C40H54N2O8/c1-7-30(8-2)38-34(39(45)41-5)19-18-33(31-16-17-31)35(26-28(4)50-38)42(6)21-10-22-47-23-11-24-48-25-20-29-12-14-32(15-13-29)36(43)27-37(44)40(46)49-9-3/h7-8,12-15,18-19,26-27,31,33,35,43H,1,9-11,16-17,20-25H2,2-6H3,(H,41,45)/b19-18+,28-26+,30-8+,36-27?,38-34+. The van der Waals surface area contributed by atoms with Crippen molar-refractivity contribution in [3.63, 3.8) is 0 Å². The minimum Gasteiger partial charge on any atom is -0.507 e. The normalized spacial score (nSPS) is 21.6. The molecule has 50 heavy (non-hydrogen) atoms. The van der Waals surface area contributed by atoms with E-state index < -0.39 is 11.8 Å². The molecule has 2 aliphatic rings. The van der Waals surface area contributed by atoms with Crippen LogP contribution in [0.4, 0.5) is 0 Å². The number of carbonyl (C=O) groups excluding carboxylic acids is 3. The SMILES string of the molecule is C=CC(=C\C)/C1=C(C(=O)NC)/C=C/C(C2CC2)C(N(C)CCCOCCCOCCc2ccc(C(O)=CC(=O)C(=O)OCC)cc2)/C=C(\C)O1. The molecule has 0 bridgehead atoms. The smallest absolute Gasteiger partial charge is 0.379 e. The van der Waals surface area contributed by atoms with Gasteiger partial charge >= 0.3 is 5.97 Å². The van der Waals surface area contributed by atoms with Crippen molar-refractivity contribution in [2.45, 2.75) is 58.9 Å². The predicted molar refractivity (Wildman–Crippen MR) is 195 cm³/mol. The van der Waals surface area contributed by atoms with E-state index in [0.717, 1.165) is 42.4 Å². The molecule has 2 N–H and O–H groups in total. The third kappa shape index (κ3) is 12.6. The Kier molecular flexibility index (Phi) is 16.9. The Morgan fingerprint density at radius 2 is 1.76 bits per heavy atom. The fourth-order valence-corrected chi connectivity index (χ4v) is 5.74. The minimum absolute atomic E-state index is 0.0924. The zero-order chi connectivity index (χ0) is 36.5. The largest absolute Gasteiger partial charge is 0.507 e. The summed E-state index contributed by atoms with van der Waals surface area (Å²) in [6, 6.07) is 7.20. The first-order valence-corrected chi connectivity index (χ1v) is 17.5. The molecule has 272 valence electrons. The van der Waals surface area contributed by atoms with Crippen molar-refractivity contribution in [2.75, 3.05) is 53.7 Å². The number of ether oxygens (including phenoxy) is 4. The number of ketones is 1. The summed E-state index contributed by atoms with van der Waals surface area (Å²) in [5, 5.41) is 12.9. The van der Waals surface area contributed by atoms with Crippen molar-refractivity contribution >= 4 is 23.4 Å². The van der Waals surface area contributed by atoms with E-state index in [4.69, 9.17) is 14.2 Å². The van der Waals surface area contributed by atoms with Gasteiger partial charge in [0.25, 0.3) is 11.7 Å². The molecule has 3 rings (SSSR count). The summed E-state index contributed by atoms with van der Waals surface area (Å²) < 4.78 is 22.7. The van der Waals surface area contributed by atoms with E-state index in [1.807, 2.05) is 38.1 Å². The average Bonchev–Trinajstić information content (AvgIpc) is 3.95. The number of carbonyl (C=O) groups is 3. The van der Waals surface area contributed by atoms with Crippen LogP contribution in [0.25, 0.3) is 5.76 Å². The molecule has 0 aromatic heterocycles. The number of aliphatic hydroxyl groups excluding tert-OH is 1. The summed E-state index contributed by atoms with van der Waals surface area (Å²) in [6.07, 6.45) is 15.5. The summed E-state index contributed by atoms with van der Waals surface area (Å²) in [5.41, 5.74) is 2.72. The van der Waals surface area contributed by atoms with Crippen LogP contribution in [0.15, 0.2) is 90.0 Å². The molecule has 0 radical (unpaired) electrons. The molecule has 1 aliphatic heterocycles. The molecule has 0 saturated heterocycles. The number of aliphatic hydroxyl groups is 1. The van der Waals surface area contributed by atoms with Crippen LogP contribution in [-0.2, 0) is 39.8 Å². The van der Waals surface area contributed by atoms with Gasteiger partial charge in [0.15, 0.2) is 0 Å². The van der Waals surface area contributed by atoms with Gasteiger partial charge in [0.2, 0.25) is 0 Å². The lowest BCUT2D eigenvalue weighted by Crippen LogP contribution is -2.38. The van der Waals surface area contributed by atoms with Crippen LogP contribution in [0.1, 0.15) is 57.6 Å². The maximum absolute atomic E-state index is 12.9. The third-order valence-corrected chi connectivity index (χ3v) is 8.64. The molecule has 1 aromatic rings. The zero-order valence-corrected chi connectivity index (χ0v) is 30.2. The van der Waals surface area contributed by atoms with Crippen molar-refractivity contribution in [1.82, 2.24) is 10.2 Å². The predicted octanol–water partition coefficient (Wildman–Crippen LogP) is 6.02. The molecular formula is C40H54N2O8. The van der Waals surface area contributed by atoms with Crippen LogP contribution in [0.3, 0.4) is 0 Å². The number of likely N-dealkylation sites (N-methyl/N-ethyl adjacent to an activating group) is 2. The molecule has 10 nitrogen and oxygen atoms in total. The molecule has 1 amide bonds. The van der Waals surface area contributed by atoms with Crippen molar-refractivity contribution in [1.29, 1.82) is 0 Å². The highest BCUT2D eigenvalue weighted by Crippen LogP contribution is 2.42. The monoisotopic (exact) mass is 690 g/mol. The number of hydrogen-bond acceptors (Lipinski definition) is 9. The first kappa shape index (κ1) is 40.2. The first-order valence-electron chi connectivity index (χ1n) is 17.5. The number of amides is 1. The molecule has 10 heteroatoms. The Morgan fingerprint density at radius 1 is 1.08 bits per heavy atom.